The van der Waals surface area contributed by atoms with Gasteiger partial charge in [-0.3, -0.25) is 14.2 Å². The van der Waals surface area contributed by atoms with Crippen molar-refractivity contribution >= 4 is 62.3 Å². The van der Waals surface area contributed by atoms with Crippen LogP contribution >= 0.6 is 34.5 Å². The number of aromatic carboxylic acids is 1. The maximum Gasteiger partial charge on any atom is 0.337 e. The largest absolute Gasteiger partial charge is 0.478 e. The number of carbonyl (C=O) groups is 2. The van der Waals surface area contributed by atoms with E-state index in [1.807, 2.05) is 0 Å². The minimum atomic E-state index is -1.22. The van der Waals surface area contributed by atoms with Gasteiger partial charge in [-0.1, -0.05) is 23.2 Å². The van der Waals surface area contributed by atoms with Crippen molar-refractivity contribution < 1.29 is 14.7 Å². The first kappa shape index (κ1) is 18.4. The summed E-state index contributed by atoms with van der Waals surface area (Å²) in [6.07, 6.45) is 0. The molecular formula is C16H11Cl2N3O4S. The summed E-state index contributed by atoms with van der Waals surface area (Å²) in [6.45, 7) is 1.26. The summed E-state index contributed by atoms with van der Waals surface area (Å²) in [5.74, 6) is -1.39. The number of carbonyl (C=O) groups excluding carboxylic acids is 1. The van der Waals surface area contributed by atoms with Crippen LogP contribution in [0.15, 0.2) is 28.4 Å². The third-order valence-electron chi connectivity index (χ3n) is 3.62. The second-order valence-corrected chi connectivity index (χ2v) is 7.03. The number of carboxylic acids is 1. The molecule has 0 saturated heterocycles. The predicted molar refractivity (Wildman–Crippen MR) is 101 cm³/mol. The SMILES string of the molecule is Cc1nc2scc(C(=O)O)c2c(=O)n1CC(=O)Nc1ccc(Cl)c(Cl)c1. The van der Waals surface area contributed by atoms with Gasteiger partial charge in [0.2, 0.25) is 5.91 Å². The first-order chi connectivity index (χ1) is 12.3. The van der Waals surface area contributed by atoms with E-state index in [4.69, 9.17) is 23.2 Å². The van der Waals surface area contributed by atoms with E-state index in [1.165, 1.54) is 17.5 Å². The maximum atomic E-state index is 12.7. The molecule has 0 spiro atoms. The quantitative estimate of drug-likeness (QED) is 0.684. The molecule has 134 valence electrons. The topological polar surface area (TPSA) is 101 Å². The van der Waals surface area contributed by atoms with Crippen molar-refractivity contribution in [3.05, 3.63) is 55.4 Å². The molecule has 0 aliphatic heterocycles. The number of hydrogen-bond acceptors (Lipinski definition) is 5. The van der Waals surface area contributed by atoms with Crippen LogP contribution in [0.5, 0.6) is 0 Å². The average Bonchev–Trinajstić information content (AvgIpc) is 2.99. The van der Waals surface area contributed by atoms with Gasteiger partial charge in [-0.25, -0.2) is 9.78 Å². The molecule has 2 N–H and O–H groups in total. The number of rotatable bonds is 4. The average molecular weight is 412 g/mol. The normalized spacial score (nSPS) is 10.9. The Kier molecular flexibility index (Phi) is 4.99. The molecule has 0 aliphatic rings. The highest BCUT2D eigenvalue weighted by Crippen LogP contribution is 2.25. The van der Waals surface area contributed by atoms with E-state index in [2.05, 4.69) is 10.3 Å². The summed E-state index contributed by atoms with van der Waals surface area (Å²) in [4.78, 5) is 40.8. The van der Waals surface area contributed by atoms with Crippen LogP contribution in [0.1, 0.15) is 16.2 Å². The molecule has 0 saturated carbocycles. The van der Waals surface area contributed by atoms with Crippen LogP contribution in [0.2, 0.25) is 10.0 Å². The van der Waals surface area contributed by atoms with Gasteiger partial charge < -0.3 is 10.4 Å². The van der Waals surface area contributed by atoms with Crippen molar-refractivity contribution in [1.82, 2.24) is 9.55 Å². The van der Waals surface area contributed by atoms with Gasteiger partial charge in [-0.2, -0.15) is 0 Å². The minimum absolute atomic E-state index is 0.00422. The molecule has 0 bridgehead atoms. The first-order valence-corrected chi connectivity index (χ1v) is 8.88. The Balaban J connectivity index is 1.93. The Bertz CT molecular complexity index is 1110. The molecule has 2 heterocycles. The summed E-state index contributed by atoms with van der Waals surface area (Å²) in [5.41, 5.74) is -0.275. The maximum absolute atomic E-state index is 12.7. The van der Waals surface area contributed by atoms with E-state index >= 15 is 0 Å². The lowest BCUT2D eigenvalue weighted by molar-refractivity contribution is -0.116. The number of nitrogens with zero attached hydrogens (tertiary/aromatic N) is 2. The van der Waals surface area contributed by atoms with E-state index in [9.17, 15) is 19.5 Å². The predicted octanol–water partition coefficient (Wildman–Crippen LogP) is 3.41. The molecule has 0 aliphatic carbocycles. The molecule has 1 amide bonds. The number of halogens is 2. The molecular weight excluding hydrogens is 401 g/mol. The number of amides is 1. The Morgan fingerprint density at radius 2 is 2.04 bits per heavy atom. The smallest absolute Gasteiger partial charge is 0.337 e. The number of hydrogen-bond donors (Lipinski definition) is 2. The molecule has 10 heteroatoms. The number of nitrogens with one attached hydrogen (secondary N) is 1. The van der Waals surface area contributed by atoms with E-state index < -0.39 is 17.4 Å². The lowest BCUT2D eigenvalue weighted by Gasteiger charge is -2.11. The van der Waals surface area contributed by atoms with Crippen molar-refractivity contribution in [2.45, 2.75) is 13.5 Å². The zero-order valence-electron chi connectivity index (χ0n) is 13.2. The van der Waals surface area contributed by atoms with Gasteiger partial charge in [-0.05, 0) is 25.1 Å². The number of anilines is 1. The van der Waals surface area contributed by atoms with E-state index in [0.29, 0.717) is 21.4 Å². The molecule has 3 aromatic rings. The van der Waals surface area contributed by atoms with Gasteiger partial charge in [0.25, 0.3) is 5.56 Å². The molecule has 0 fully saturated rings. The summed E-state index contributed by atoms with van der Waals surface area (Å²) in [6, 6.07) is 4.60. The van der Waals surface area contributed by atoms with Crippen LogP contribution in [-0.4, -0.2) is 26.5 Å². The standard InChI is InChI=1S/C16H11Cl2N3O4S/c1-7-19-14-13(9(6-26-14)16(24)25)15(23)21(7)5-12(22)20-8-2-3-10(17)11(18)4-8/h2-4,6H,5H2,1H3,(H,20,22)(H,24,25). The lowest BCUT2D eigenvalue weighted by atomic mass is 10.2. The summed E-state index contributed by atoms with van der Waals surface area (Å²) >= 11 is 12.8. The van der Waals surface area contributed by atoms with Crippen molar-refractivity contribution in [3.8, 4) is 0 Å². The minimum Gasteiger partial charge on any atom is -0.478 e. The van der Waals surface area contributed by atoms with Crippen LogP contribution in [0, 0.1) is 6.92 Å². The summed E-state index contributed by atoms with van der Waals surface area (Å²) < 4.78 is 1.13. The van der Waals surface area contributed by atoms with Gasteiger partial charge in [0, 0.05) is 11.1 Å². The Labute approximate surface area is 160 Å². The number of fused-ring (bicyclic) bond motifs is 1. The van der Waals surface area contributed by atoms with Crippen LogP contribution < -0.4 is 10.9 Å². The molecule has 2 aromatic heterocycles. The van der Waals surface area contributed by atoms with Crippen molar-refractivity contribution in [3.63, 3.8) is 0 Å². The van der Waals surface area contributed by atoms with Crippen molar-refractivity contribution in [2.24, 2.45) is 0 Å². The fraction of sp³-hybridized carbons (Fsp3) is 0.125. The highest BCUT2D eigenvalue weighted by molar-refractivity contribution is 7.17. The second-order valence-electron chi connectivity index (χ2n) is 5.36. The molecule has 0 unspecified atom stereocenters. The highest BCUT2D eigenvalue weighted by Gasteiger charge is 2.19. The molecule has 3 rings (SSSR count). The van der Waals surface area contributed by atoms with Gasteiger partial charge in [0.15, 0.2) is 0 Å². The highest BCUT2D eigenvalue weighted by atomic mass is 35.5. The van der Waals surface area contributed by atoms with Crippen LogP contribution in [-0.2, 0) is 11.3 Å². The van der Waals surface area contributed by atoms with Crippen molar-refractivity contribution in [1.29, 1.82) is 0 Å². The Hall–Kier alpha value is -2.42. The fourth-order valence-corrected chi connectivity index (χ4v) is 3.63. The van der Waals surface area contributed by atoms with Gasteiger partial charge in [0.05, 0.1) is 21.0 Å². The number of thiophene rings is 1. The first-order valence-electron chi connectivity index (χ1n) is 7.24. The third-order valence-corrected chi connectivity index (χ3v) is 5.23. The molecule has 0 atom stereocenters. The number of aromatic nitrogens is 2. The Morgan fingerprint density at radius 1 is 1.31 bits per heavy atom. The molecule has 7 nitrogen and oxygen atoms in total. The van der Waals surface area contributed by atoms with Crippen LogP contribution in [0.3, 0.4) is 0 Å². The second kappa shape index (κ2) is 7.06. The Morgan fingerprint density at radius 3 is 2.69 bits per heavy atom. The van der Waals surface area contributed by atoms with E-state index in [0.717, 1.165) is 15.9 Å². The monoisotopic (exact) mass is 411 g/mol. The molecule has 26 heavy (non-hydrogen) atoms. The van der Waals surface area contributed by atoms with E-state index in [-0.39, 0.29) is 22.5 Å². The number of aryl methyl sites for hydroxylation is 1. The third kappa shape index (κ3) is 3.44. The zero-order valence-corrected chi connectivity index (χ0v) is 15.6. The summed E-state index contributed by atoms with van der Waals surface area (Å²) in [5, 5.41) is 13.8. The van der Waals surface area contributed by atoms with Crippen LogP contribution in [0.25, 0.3) is 10.2 Å². The van der Waals surface area contributed by atoms with Crippen molar-refractivity contribution in [2.75, 3.05) is 5.32 Å². The van der Waals surface area contributed by atoms with Gasteiger partial charge in [0.1, 0.15) is 17.2 Å². The fourth-order valence-electron chi connectivity index (χ4n) is 2.39. The molecule has 0 radical (unpaired) electrons. The van der Waals surface area contributed by atoms with Gasteiger partial charge in [-0.15, -0.1) is 11.3 Å². The van der Waals surface area contributed by atoms with Crippen LogP contribution in [0.4, 0.5) is 5.69 Å². The lowest BCUT2D eigenvalue weighted by Crippen LogP contribution is -2.30. The van der Waals surface area contributed by atoms with Gasteiger partial charge >= 0.3 is 5.97 Å². The summed E-state index contributed by atoms with van der Waals surface area (Å²) in [7, 11) is 0. The zero-order chi connectivity index (χ0) is 19.0. The number of carboxylic acid groups (broad SMARTS) is 1. The number of benzene rings is 1. The molecule has 1 aromatic carbocycles. The van der Waals surface area contributed by atoms with E-state index in [1.54, 1.807) is 13.0 Å².